The number of rotatable bonds is 5. The van der Waals surface area contributed by atoms with Crippen molar-refractivity contribution in [3.8, 4) is 0 Å². The first-order valence-electron chi connectivity index (χ1n) is 9.16. The molecule has 0 radical (unpaired) electrons. The average molecular weight is 362 g/mol. The molecule has 2 amide bonds. The van der Waals surface area contributed by atoms with Crippen molar-refractivity contribution < 1.29 is 14.3 Å². The lowest BCUT2D eigenvalue weighted by atomic mass is 10.1. The monoisotopic (exact) mass is 362 g/mol. The molecule has 0 unspecified atom stereocenters. The van der Waals surface area contributed by atoms with Crippen LogP contribution < -0.4 is 10.2 Å². The quantitative estimate of drug-likeness (QED) is 0.871. The SMILES string of the molecule is CN(CC(=O)NCc1cccnc1N1CCCCC1)C(=O)OC(C)(C)C. The second kappa shape index (κ2) is 8.87. The van der Waals surface area contributed by atoms with Gasteiger partial charge in [0.15, 0.2) is 0 Å². The normalized spacial score (nSPS) is 14.7. The molecule has 1 saturated heterocycles. The van der Waals surface area contributed by atoms with Gasteiger partial charge in [0.1, 0.15) is 18.0 Å². The third-order valence-electron chi connectivity index (χ3n) is 4.09. The van der Waals surface area contributed by atoms with Crippen molar-refractivity contribution in [3.05, 3.63) is 23.9 Å². The number of carbonyl (C=O) groups is 2. The molecule has 1 aliphatic rings. The fraction of sp³-hybridized carbons (Fsp3) is 0.632. The summed E-state index contributed by atoms with van der Waals surface area (Å²) in [6.45, 7) is 7.73. The molecule has 0 saturated carbocycles. The molecular weight excluding hydrogens is 332 g/mol. The van der Waals surface area contributed by atoms with Crippen LogP contribution in [0.25, 0.3) is 0 Å². The standard InChI is InChI=1S/C19H30N4O3/c1-19(2,3)26-18(25)22(4)14-16(24)21-13-15-9-8-10-20-17(15)23-11-6-5-7-12-23/h8-10H,5-7,11-14H2,1-4H3,(H,21,24). The van der Waals surface area contributed by atoms with E-state index in [9.17, 15) is 9.59 Å². The first-order valence-corrected chi connectivity index (χ1v) is 9.16. The van der Waals surface area contributed by atoms with Crippen molar-refractivity contribution in [1.82, 2.24) is 15.2 Å². The predicted octanol–water partition coefficient (Wildman–Crippen LogP) is 2.55. The van der Waals surface area contributed by atoms with E-state index in [-0.39, 0.29) is 12.5 Å². The van der Waals surface area contributed by atoms with E-state index in [1.165, 1.54) is 24.2 Å². The lowest BCUT2D eigenvalue weighted by Gasteiger charge is -2.29. The third kappa shape index (κ3) is 6.20. The second-order valence-electron chi connectivity index (χ2n) is 7.65. The highest BCUT2D eigenvalue weighted by atomic mass is 16.6. The van der Waals surface area contributed by atoms with Crippen LogP contribution in [0.2, 0.25) is 0 Å². The molecule has 0 bridgehead atoms. The molecule has 144 valence electrons. The minimum absolute atomic E-state index is 0.0474. The average Bonchev–Trinajstić information content (AvgIpc) is 2.59. The Morgan fingerprint density at radius 3 is 2.62 bits per heavy atom. The van der Waals surface area contributed by atoms with Crippen LogP contribution in [0.3, 0.4) is 0 Å². The van der Waals surface area contributed by atoms with Gasteiger partial charge < -0.3 is 19.9 Å². The largest absolute Gasteiger partial charge is 0.444 e. The van der Waals surface area contributed by atoms with E-state index in [0.717, 1.165) is 24.5 Å². The number of ether oxygens (including phenoxy) is 1. The van der Waals surface area contributed by atoms with Gasteiger partial charge in [0.05, 0.1) is 0 Å². The molecule has 2 rings (SSSR count). The van der Waals surface area contributed by atoms with Crippen molar-refractivity contribution in [3.63, 3.8) is 0 Å². The number of hydrogen-bond acceptors (Lipinski definition) is 5. The van der Waals surface area contributed by atoms with Gasteiger partial charge in [0.2, 0.25) is 5.91 Å². The zero-order valence-corrected chi connectivity index (χ0v) is 16.2. The summed E-state index contributed by atoms with van der Waals surface area (Å²) >= 11 is 0. The Bertz CT molecular complexity index is 621. The molecule has 0 spiro atoms. The van der Waals surface area contributed by atoms with Gasteiger partial charge in [-0.2, -0.15) is 0 Å². The van der Waals surface area contributed by atoms with E-state index in [1.807, 2.05) is 12.1 Å². The van der Waals surface area contributed by atoms with Gasteiger partial charge in [-0.25, -0.2) is 9.78 Å². The summed E-state index contributed by atoms with van der Waals surface area (Å²) in [5, 5.41) is 2.87. The molecule has 2 heterocycles. The highest BCUT2D eigenvalue weighted by Crippen LogP contribution is 2.21. The number of amides is 2. The number of anilines is 1. The molecule has 1 N–H and O–H groups in total. The summed E-state index contributed by atoms with van der Waals surface area (Å²) in [6.07, 6.45) is 4.87. The first-order chi connectivity index (χ1) is 12.3. The van der Waals surface area contributed by atoms with Crippen LogP contribution in [0.4, 0.5) is 10.6 Å². The Hall–Kier alpha value is -2.31. The number of likely N-dealkylation sites (N-methyl/N-ethyl adjacent to an activating group) is 1. The van der Waals surface area contributed by atoms with Crippen molar-refractivity contribution in [2.45, 2.75) is 52.2 Å². The Morgan fingerprint density at radius 1 is 1.27 bits per heavy atom. The fourth-order valence-corrected chi connectivity index (χ4v) is 2.83. The van der Waals surface area contributed by atoms with Gasteiger partial charge in [0.25, 0.3) is 0 Å². The zero-order valence-electron chi connectivity index (χ0n) is 16.2. The summed E-state index contributed by atoms with van der Waals surface area (Å²) in [7, 11) is 1.55. The van der Waals surface area contributed by atoms with Gasteiger partial charge in [-0.3, -0.25) is 4.79 Å². The molecule has 0 aromatic carbocycles. The van der Waals surface area contributed by atoms with E-state index in [4.69, 9.17) is 4.74 Å². The lowest BCUT2D eigenvalue weighted by molar-refractivity contribution is -0.122. The molecule has 7 nitrogen and oxygen atoms in total. The molecule has 26 heavy (non-hydrogen) atoms. The molecule has 1 aromatic rings. The summed E-state index contributed by atoms with van der Waals surface area (Å²) < 4.78 is 5.25. The summed E-state index contributed by atoms with van der Waals surface area (Å²) in [5.41, 5.74) is 0.406. The van der Waals surface area contributed by atoms with Crippen molar-refractivity contribution >= 4 is 17.8 Å². The highest BCUT2D eigenvalue weighted by molar-refractivity contribution is 5.82. The molecule has 1 aliphatic heterocycles. The van der Waals surface area contributed by atoms with Gasteiger partial charge in [-0.15, -0.1) is 0 Å². The Balaban J connectivity index is 1.88. The third-order valence-corrected chi connectivity index (χ3v) is 4.09. The summed E-state index contributed by atoms with van der Waals surface area (Å²) in [6, 6.07) is 3.86. The van der Waals surface area contributed by atoms with Gasteiger partial charge >= 0.3 is 6.09 Å². The minimum atomic E-state index is -0.582. The van der Waals surface area contributed by atoms with E-state index in [0.29, 0.717) is 6.54 Å². The highest BCUT2D eigenvalue weighted by Gasteiger charge is 2.21. The van der Waals surface area contributed by atoms with Crippen LogP contribution in [0.5, 0.6) is 0 Å². The number of carbonyl (C=O) groups excluding carboxylic acids is 2. The summed E-state index contributed by atoms with van der Waals surface area (Å²) in [5.74, 6) is 0.708. The number of piperidine rings is 1. The van der Waals surface area contributed by atoms with Crippen LogP contribution in [-0.4, -0.2) is 54.2 Å². The molecule has 1 fully saturated rings. The smallest absolute Gasteiger partial charge is 0.410 e. The topological polar surface area (TPSA) is 74.8 Å². The van der Waals surface area contributed by atoms with Gasteiger partial charge in [-0.1, -0.05) is 6.07 Å². The number of pyridine rings is 1. The maximum absolute atomic E-state index is 12.2. The Morgan fingerprint density at radius 2 is 1.96 bits per heavy atom. The number of nitrogens with one attached hydrogen (secondary N) is 1. The molecule has 0 atom stereocenters. The molecule has 7 heteroatoms. The first kappa shape index (κ1) is 20.0. The maximum Gasteiger partial charge on any atom is 0.410 e. The van der Waals surface area contributed by atoms with E-state index in [2.05, 4.69) is 15.2 Å². The fourth-order valence-electron chi connectivity index (χ4n) is 2.83. The van der Waals surface area contributed by atoms with Crippen LogP contribution in [0.1, 0.15) is 45.6 Å². The van der Waals surface area contributed by atoms with Crippen LogP contribution >= 0.6 is 0 Å². The van der Waals surface area contributed by atoms with Crippen molar-refractivity contribution in [1.29, 1.82) is 0 Å². The maximum atomic E-state index is 12.2. The van der Waals surface area contributed by atoms with E-state index in [1.54, 1.807) is 34.0 Å². The Labute approximate surface area is 155 Å². The molecular formula is C19H30N4O3. The van der Waals surface area contributed by atoms with Crippen molar-refractivity contribution in [2.75, 3.05) is 31.6 Å². The number of hydrogen-bond donors (Lipinski definition) is 1. The van der Waals surface area contributed by atoms with E-state index >= 15 is 0 Å². The second-order valence-corrected chi connectivity index (χ2v) is 7.65. The van der Waals surface area contributed by atoms with Crippen LogP contribution in [0.15, 0.2) is 18.3 Å². The van der Waals surface area contributed by atoms with Crippen molar-refractivity contribution in [2.24, 2.45) is 0 Å². The lowest BCUT2D eigenvalue weighted by Crippen LogP contribution is -2.41. The van der Waals surface area contributed by atoms with E-state index < -0.39 is 11.7 Å². The molecule has 0 aliphatic carbocycles. The van der Waals surface area contributed by atoms with Crippen LogP contribution in [0, 0.1) is 0 Å². The van der Waals surface area contributed by atoms with Gasteiger partial charge in [0, 0.05) is 38.4 Å². The minimum Gasteiger partial charge on any atom is -0.444 e. The molecule has 1 aromatic heterocycles. The number of nitrogens with zero attached hydrogens (tertiary/aromatic N) is 3. The van der Waals surface area contributed by atoms with Gasteiger partial charge in [-0.05, 0) is 46.1 Å². The Kier molecular flexibility index (Phi) is 6.83. The zero-order chi connectivity index (χ0) is 19.2. The summed E-state index contributed by atoms with van der Waals surface area (Å²) in [4.78, 5) is 32.2. The number of aromatic nitrogens is 1. The van der Waals surface area contributed by atoms with Crippen LogP contribution in [-0.2, 0) is 16.1 Å². The predicted molar refractivity (Wildman–Crippen MR) is 101 cm³/mol.